The summed E-state index contributed by atoms with van der Waals surface area (Å²) >= 11 is 0. The molecule has 0 spiro atoms. The van der Waals surface area contributed by atoms with E-state index in [2.05, 4.69) is 78.0 Å². The second-order valence-corrected chi connectivity index (χ2v) is 13.4. The SMILES string of the molecule is CC1(c2ccccc2)C[Si](C)(C)C(C)(C)C1(C)C. The van der Waals surface area contributed by atoms with E-state index in [1.165, 1.54) is 11.6 Å². The fourth-order valence-electron chi connectivity index (χ4n) is 4.13. The van der Waals surface area contributed by atoms with Gasteiger partial charge in [0, 0.05) is 0 Å². The van der Waals surface area contributed by atoms with Crippen LogP contribution >= 0.6 is 0 Å². The minimum atomic E-state index is -1.22. The second-order valence-electron chi connectivity index (χ2n) is 8.01. The molecule has 0 nitrogen and oxygen atoms in total. The summed E-state index contributed by atoms with van der Waals surface area (Å²) in [5, 5.41) is 0.463. The molecule has 1 aromatic rings. The Morgan fingerprint density at radius 1 is 0.889 bits per heavy atom. The van der Waals surface area contributed by atoms with Crippen molar-refractivity contribution in [2.45, 2.75) is 64.2 Å². The van der Waals surface area contributed by atoms with Crippen LogP contribution in [-0.2, 0) is 5.41 Å². The fourth-order valence-corrected chi connectivity index (χ4v) is 8.95. The molecule has 100 valence electrons. The van der Waals surface area contributed by atoms with Crippen LogP contribution in [0.4, 0.5) is 0 Å². The van der Waals surface area contributed by atoms with Gasteiger partial charge in [-0.3, -0.25) is 0 Å². The van der Waals surface area contributed by atoms with Gasteiger partial charge < -0.3 is 0 Å². The van der Waals surface area contributed by atoms with Gasteiger partial charge in [0.1, 0.15) is 0 Å². The lowest BCUT2D eigenvalue weighted by Crippen LogP contribution is -2.42. The summed E-state index contributed by atoms with van der Waals surface area (Å²) in [6.45, 7) is 17.6. The fraction of sp³-hybridized carbons (Fsp3) is 0.647. The van der Waals surface area contributed by atoms with Crippen molar-refractivity contribution in [3.05, 3.63) is 35.9 Å². The van der Waals surface area contributed by atoms with Gasteiger partial charge in [-0.15, -0.1) is 0 Å². The molecular weight excluding hydrogens is 232 g/mol. The predicted octanol–water partition coefficient (Wildman–Crippen LogP) is 5.47. The molecule has 1 aliphatic rings. The minimum absolute atomic E-state index is 0.313. The standard InChI is InChI=1S/C17H28Si/c1-15(2)16(3,4)18(6,7)13-17(15,5)14-11-9-8-10-12-14/h8-12H,13H2,1-7H3. The zero-order chi connectivity index (χ0) is 13.8. The van der Waals surface area contributed by atoms with Crippen molar-refractivity contribution in [1.29, 1.82) is 0 Å². The highest BCUT2D eigenvalue weighted by atomic mass is 28.3. The molecule has 1 heterocycles. The molecule has 0 aromatic heterocycles. The van der Waals surface area contributed by atoms with Crippen LogP contribution in [0.25, 0.3) is 0 Å². The Hall–Kier alpha value is -0.563. The molecule has 1 heteroatoms. The first kappa shape index (κ1) is 13.9. The molecule has 1 unspecified atom stereocenters. The molecule has 0 saturated carbocycles. The van der Waals surface area contributed by atoms with Crippen molar-refractivity contribution in [1.82, 2.24) is 0 Å². The molecule has 2 rings (SSSR count). The van der Waals surface area contributed by atoms with Crippen molar-refractivity contribution in [2.24, 2.45) is 5.41 Å². The summed E-state index contributed by atoms with van der Waals surface area (Å²) in [6.07, 6.45) is 0. The third kappa shape index (κ3) is 1.49. The molecule has 0 aliphatic carbocycles. The van der Waals surface area contributed by atoms with Crippen LogP contribution in [0.2, 0.25) is 24.2 Å². The van der Waals surface area contributed by atoms with Crippen molar-refractivity contribution in [2.75, 3.05) is 0 Å². The zero-order valence-corrected chi connectivity index (χ0v) is 14.1. The van der Waals surface area contributed by atoms with E-state index in [1.807, 2.05) is 0 Å². The van der Waals surface area contributed by atoms with Gasteiger partial charge in [-0.05, 0) is 27.5 Å². The third-order valence-corrected chi connectivity index (χ3v) is 12.4. The van der Waals surface area contributed by atoms with Gasteiger partial charge >= 0.3 is 0 Å². The van der Waals surface area contributed by atoms with Gasteiger partial charge in [-0.2, -0.15) is 0 Å². The smallest absolute Gasteiger partial charge is 0.0545 e. The van der Waals surface area contributed by atoms with Gasteiger partial charge in [-0.1, -0.05) is 78.0 Å². The maximum atomic E-state index is 2.57. The highest BCUT2D eigenvalue weighted by Crippen LogP contribution is 2.70. The van der Waals surface area contributed by atoms with Gasteiger partial charge in [-0.25, -0.2) is 0 Å². The molecule has 1 aromatic carbocycles. The first-order valence-electron chi connectivity index (χ1n) is 7.12. The monoisotopic (exact) mass is 260 g/mol. The molecule has 1 atom stereocenters. The Morgan fingerprint density at radius 2 is 1.39 bits per heavy atom. The van der Waals surface area contributed by atoms with E-state index >= 15 is 0 Å². The molecule has 0 amide bonds. The highest BCUT2D eigenvalue weighted by Gasteiger charge is 2.65. The maximum Gasteiger partial charge on any atom is 0.0545 e. The largest absolute Gasteiger partial charge is 0.0689 e. The van der Waals surface area contributed by atoms with Crippen molar-refractivity contribution in [3.8, 4) is 0 Å². The van der Waals surface area contributed by atoms with Crippen LogP contribution in [-0.4, -0.2) is 8.07 Å². The Kier molecular flexibility index (Phi) is 2.87. The van der Waals surface area contributed by atoms with Gasteiger partial charge in [0.15, 0.2) is 0 Å². The van der Waals surface area contributed by atoms with Gasteiger partial charge in [0.25, 0.3) is 0 Å². The quantitative estimate of drug-likeness (QED) is 0.587. The number of hydrogen-bond acceptors (Lipinski definition) is 0. The van der Waals surface area contributed by atoms with Crippen molar-refractivity contribution in [3.63, 3.8) is 0 Å². The molecule has 1 aliphatic heterocycles. The molecule has 0 N–H and O–H groups in total. The summed E-state index contributed by atoms with van der Waals surface area (Å²) in [5.74, 6) is 0. The zero-order valence-electron chi connectivity index (χ0n) is 13.1. The van der Waals surface area contributed by atoms with Crippen LogP contribution in [0.15, 0.2) is 30.3 Å². The van der Waals surface area contributed by atoms with E-state index in [0.29, 0.717) is 15.9 Å². The van der Waals surface area contributed by atoms with Crippen LogP contribution < -0.4 is 0 Å². The molecule has 1 fully saturated rings. The summed E-state index contributed by atoms with van der Waals surface area (Å²) < 4.78 is 0. The molecule has 18 heavy (non-hydrogen) atoms. The highest BCUT2D eigenvalue weighted by molar-refractivity contribution is 6.81. The van der Waals surface area contributed by atoms with Crippen LogP contribution in [0.3, 0.4) is 0 Å². The Labute approximate surface area is 114 Å². The lowest BCUT2D eigenvalue weighted by molar-refractivity contribution is 0.162. The third-order valence-electron chi connectivity index (χ3n) is 6.84. The van der Waals surface area contributed by atoms with Crippen molar-refractivity contribution >= 4 is 8.07 Å². The summed E-state index contributed by atoms with van der Waals surface area (Å²) in [6, 6.07) is 12.6. The Balaban J connectivity index is 2.61. The van der Waals surface area contributed by atoms with E-state index < -0.39 is 8.07 Å². The van der Waals surface area contributed by atoms with Crippen molar-refractivity contribution < 1.29 is 0 Å². The minimum Gasteiger partial charge on any atom is -0.0689 e. The maximum absolute atomic E-state index is 2.57. The second kappa shape index (κ2) is 3.72. The lowest BCUT2D eigenvalue weighted by Gasteiger charge is -2.48. The lowest BCUT2D eigenvalue weighted by atomic mass is 9.59. The summed E-state index contributed by atoms with van der Waals surface area (Å²) in [7, 11) is -1.22. The normalized spacial score (nSPS) is 32.4. The van der Waals surface area contributed by atoms with E-state index in [0.717, 1.165) is 0 Å². The van der Waals surface area contributed by atoms with Crippen LogP contribution in [0, 0.1) is 5.41 Å². The molecular formula is C17H28Si. The van der Waals surface area contributed by atoms with Gasteiger partial charge in [0.2, 0.25) is 0 Å². The first-order valence-corrected chi connectivity index (χ1v) is 10.3. The summed E-state index contributed by atoms with van der Waals surface area (Å²) in [4.78, 5) is 0. The average molecular weight is 260 g/mol. The van der Waals surface area contributed by atoms with E-state index in [9.17, 15) is 0 Å². The number of benzene rings is 1. The Bertz CT molecular complexity index is 442. The topological polar surface area (TPSA) is 0 Å². The van der Waals surface area contributed by atoms with E-state index in [1.54, 1.807) is 0 Å². The Morgan fingerprint density at radius 3 is 1.78 bits per heavy atom. The number of hydrogen-bond donors (Lipinski definition) is 0. The first-order chi connectivity index (χ1) is 8.06. The number of rotatable bonds is 1. The molecule has 1 saturated heterocycles. The van der Waals surface area contributed by atoms with Gasteiger partial charge in [0.05, 0.1) is 8.07 Å². The van der Waals surface area contributed by atoms with Crippen LogP contribution in [0.1, 0.15) is 40.2 Å². The molecule has 0 bridgehead atoms. The van der Waals surface area contributed by atoms with E-state index in [-0.39, 0.29) is 0 Å². The average Bonchev–Trinajstić information content (AvgIpc) is 2.37. The molecule has 0 radical (unpaired) electrons. The summed E-state index contributed by atoms with van der Waals surface area (Å²) in [5.41, 5.74) is 2.19. The van der Waals surface area contributed by atoms with E-state index in [4.69, 9.17) is 0 Å². The predicted molar refractivity (Wildman–Crippen MR) is 83.9 cm³/mol. The van der Waals surface area contributed by atoms with Crippen LogP contribution in [0.5, 0.6) is 0 Å².